The van der Waals surface area contributed by atoms with Crippen molar-refractivity contribution < 1.29 is 10.2 Å². The van der Waals surface area contributed by atoms with Crippen LogP contribution in [-0.4, -0.2) is 10.2 Å². The van der Waals surface area contributed by atoms with Crippen molar-refractivity contribution >= 4 is 0 Å². The number of benzene rings is 2. The Hall–Kier alpha value is -1.96. The maximum atomic E-state index is 10.3. The molecule has 0 spiro atoms. The molecule has 2 aromatic carbocycles. The molecule has 2 N–H and O–H groups in total. The van der Waals surface area contributed by atoms with E-state index in [2.05, 4.69) is 19.1 Å². The fourth-order valence-corrected chi connectivity index (χ4v) is 3.38. The first-order chi connectivity index (χ1) is 12.2. The van der Waals surface area contributed by atoms with Crippen molar-refractivity contribution in [3.63, 3.8) is 0 Å². The average molecular weight is 341 g/mol. The molecule has 25 heavy (non-hydrogen) atoms. The Morgan fingerprint density at radius 3 is 1.84 bits per heavy atom. The van der Waals surface area contributed by atoms with Gasteiger partial charge in [-0.15, -0.1) is 0 Å². The van der Waals surface area contributed by atoms with Crippen LogP contribution in [0.4, 0.5) is 0 Å². The lowest BCUT2D eigenvalue weighted by Gasteiger charge is -2.14. The summed E-state index contributed by atoms with van der Waals surface area (Å²) in [5.41, 5.74) is 2.93. The lowest BCUT2D eigenvalue weighted by molar-refractivity contribution is 0.447. The highest BCUT2D eigenvalue weighted by atomic mass is 16.3. The van der Waals surface area contributed by atoms with Crippen molar-refractivity contribution in [1.82, 2.24) is 0 Å². The number of aromatic hydroxyl groups is 2. The minimum absolute atomic E-state index is 0.288. The number of rotatable bonds is 11. The van der Waals surface area contributed by atoms with Gasteiger partial charge in [0, 0.05) is 17.5 Å². The van der Waals surface area contributed by atoms with Crippen molar-refractivity contribution in [2.75, 3.05) is 0 Å². The second kappa shape index (κ2) is 10.8. The third-order valence-corrected chi connectivity index (χ3v) is 4.89. The van der Waals surface area contributed by atoms with E-state index in [0.717, 1.165) is 29.5 Å². The Morgan fingerprint density at radius 1 is 0.640 bits per heavy atom. The van der Waals surface area contributed by atoms with Crippen molar-refractivity contribution in [2.24, 2.45) is 0 Å². The van der Waals surface area contributed by atoms with Gasteiger partial charge in [0.15, 0.2) is 0 Å². The molecule has 0 saturated carbocycles. The monoisotopic (exact) mass is 340 g/mol. The van der Waals surface area contributed by atoms with Crippen LogP contribution in [-0.2, 0) is 12.8 Å². The molecule has 0 unspecified atom stereocenters. The van der Waals surface area contributed by atoms with E-state index < -0.39 is 0 Å². The van der Waals surface area contributed by atoms with Crippen LogP contribution in [0.3, 0.4) is 0 Å². The van der Waals surface area contributed by atoms with E-state index in [1.807, 2.05) is 18.2 Å². The smallest absolute Gasteiger partial charge is 0.119 e. The summed E-state index contributed by atoms with van der Waals surface area (Å²) in [5.74, 6) is 0.600. The Bertz CT molecular complexity index is 619. The molecular formula is C23H32O2. The van der Waals surface area contributed by atoms with Gasteiger partial charge in [0.1, 0.15) is 11.5 Å². The molecule has 0 aliphatic rings. The maximum absolute atomic E-state index is 10.3. The molecule has 0 aliphatic carbocycles. The van der Waals surface area contributed by atoms with E-state index in [1.165, 1.54) is 44.9 Å². The molecule has 0 heterocycles. The fraction of sp³-hybridized carbons (Fsp3) is 0.478. The van der Waals surface area contributed by atoms with Gasteiger partial charge < -0.3 is 10.2 Å². The van der Waals surface area contributed by atoms with Gasteiger partial charge in [-0.2, -0.15) is 0 Å². The molecule has 0 saturated heterocycles. The highest BCUT2D eigenvalue weighted by Gasteiger charge is 2.13. The van der Waals surface area contributed by atoms with Crippen LogP contribution < -0.4 is 0 Å². The Kier molecular flexibility index (Phi) is 8.38. The highest BCUT2D eigenvalue weighted by Crippen LogP contribution is 2.32. The van der Waals surface area contributed by atoms with Crippen LogP contribution in [0.25, 0.3) is 0 Å². The third-order valence-electron chi connectivity index (χ3n) is 4.89. The van der Waals surface area contributed by atoms with E-state index in [-0.39, 0.29) is 5.75 Å². The summed E-state index contributed by atoms with van der Waals surface area (Å²) in [5, 5.41) is 20.6. The zero-order valence-corrected chi connectivity index (χ0v) is 15.5. The summed E-state index contributed by atoms with van der Waals surface area (Å²) in [6.07, 6.45) is 11.6. The van der Waals surface area contributed by atoms with Gasteiger partial charge in [-0.05, 0) is 30.5 Å². The third kappa shape index (κ3) is 6.45. The minimum Gasteiger partial charge on any atom is -0.508 e. The number of phenolic OH excluding ortho intramolecular Hbond substituents is 2. The summed E-state index contributed by atoms with van der Waals surface area (Å²) in [6.45, 7) is 2.24. The first-order valence-corrected chi connectivity index (χ1v) is 9.79. The SMILES string of the molecule is CCCCCCCCCCc1c(O)ccc(O)c1Cc1ccccc1. The molecule has 0 amide bonds. The van der Waals surface area contributed by atoms with E-state index >= 15 is 0 Å². The first kappa shape index (κ1) is 19.4. The summed E-state index contributed by atoms with van der Waals surface area (Å²) in [7, 11) is 0. The second-order valence-electron chi connectivity index (χ2n) is 6.95. The summed E-state index contributed by atoms with van der Waals surface area (Å²) in [6, 6.07) is 13.3. The molecule has 2 nitrogen and oxygen atoms in total. The lowest BCUT2D eigenvalue weighted by atomic mass is 9.94. The number of hydrogen-bond donors (Lipinski definition) is 2. The van der Waals surface area contributed by atoms with Crippen LogP contribution in [0.1, 0.15) is 75.0 Å². The standard InChI is InChI=1S/C23H32O2/c1-2-3-4-5-6-7-8-12-15-20-21(23(25)17-16-22(20)24)18-19-13-10-9-11-14-19/h9-11,13-14,16-17,24-25H,2-8,12,15,18H2,1H3. The minimum atomic E-state index is 0.288. The normalized spacial score (nSPS) is 10.9. The van der Waals surface area contributed by atoms with E-state index in [9.17, 15) is 10.2 Å². The van der Waals surface area contributed by atoms with E-state index in [0.29, 0.717) is 12.2 Å². The zero-order chi connectivity index (χ0) is 17.9. The van der Waals surface area contributed by atoms with Gasteiger partial charge >= 0.3 is 0 Å². The molecule has 0 aliphatic heterocycles. The van der Waals surface area contributed by atoms with E-state index in [4.69, 9.17) is 0 Å². The molecule has 2 rings (SSSR count). The number of hydrogen-bond acceptors (Lipinski definition) is 2. The zero-order valence-electron chi connectivity index (χ0n) is 15.5. The molecule has 0 atom stereocenters. The van der Waals surface area contributed by atoms with Crippen LogP contribution in [0.15, 0.2) is 42.5 Å². The van der Waals surface area contributed by atoms with Crippen LogP contribution in [0.5, 0.6) is 11.5 Å². The highest BCUT2D eigenvalue weighted by molar-refractivity contribution is 5.49. The molecule has 0 radical (unpaired) electrons. The predicted molar refractivity (Wildman–Crippen MR) is 105 cm³/mol. The molecule has 2 heteroatoms. The van der Waals surface area contributed by atoms with Crippen molar-refractivity contribution in [3.05, 3.63) is 59.2 Å². The van der Waals surface area contributed by atoms with Crippen molar-refractivity contribution in [3.8, 4) is 11.5 Å². The summed E-state index contributed by atoms with van der Waals surface area (Å²) >= 11 is 0. The first-order valence-electron chi connectivity index (χ1n) is 9.79. The van der Waals surface area contributed by atoms with Gasteiger partial charge in [0.25, 0.3) is 0 Å². The molecule has 0 bridgehead atoms. The largest absolute Gasteiger partial charge is 0.508 e. The fourth-order valence-electron chi connectivity index (χ4n) is 3.38. The number of phenols is 2. The van der Waals surface area contributed by atoms with Gasteiger partial charge in [-0.1, -0.05) is 82.2 Å². The predicted octanol–water partition coefficient (Wildman–Crippen LogP) is 6.37. The number of unbranched alkanes of at least 4 members (excludes halogenated alkanes) is 7. The van der Waals surface area contributed by atoms with Gasteiger partial charge in [0.05, 0.1) is 0 Å². The Balaban J connectivity index is 1.90. The van der Waals surface area contributed by atoms with Gasteiger partial charge in [-0.3, -0.25) is 0 Å². The maximum Gasteiger partial charge on any atom is 0.119 e. The Morgan fingerprint density at radius 2 is 1.20 bits per heavy atom. The topological polar surface area (TPSA) is 40.5 Å². The molecule has 0 aromatic heterocycles. The van der Waals surface area contributed by atoms with Gasteiger partial charge in [-0.25, -0.2) is 0 Å². The molecule has 136 valence electrons. The molecule has 2 aromatic rings. The lowest BCUT2D eigenvalue weighted by Crippen LogP contribution is -1.98. The summed E-state index contributed by atoms with van der Waals surface area (Å²) < 4.78 is 0. The van der Waals surface area contributed by atoms with Crippen LogP contribution >= 0.6 is 0 Å². The molecule has 0 fully saturated rings. The molecular weight excluding hydrogens is 308 g/mol. The van der Waals surface area contributed by atoms with Crippen molar-refractivity contribution in [1.29, 1.82) is 0 Å². The quantitative estimate of drug-likeness (QED) is 0.368. The summed E-state index contributed by atoms with van der Waals surface area (Å²) in [4.78, 5) is 0. The van der Waals surface area contributed by atoms with Crippen molar-refractivity contribution in [2.45, 2.75) is 71.1 Å². The van der Waals surface area contributed by atoms with Crippen LogP contribution in [0.2, 0.25) is 0 Å². The van der Waals surface area contributed by atoms with E-state index in [1.54, 1.807) is 12.1 Å². The second-order valence-corrected chi connectivity index (χ2v) is 6.95. The van der Waals surface area contributed by atoms with Crippen LogP contribution in [0, 0.1) is 0 Å². The Labute approximate surface area is 152 Å². The average Bonchev–Trinajstić information content (AvgIpc) is 2.63. The van der Waals surface area contributed by atoms with Gasteiger partial charge in [0.2, 0.25) is 0 Å².